The Balaban J connectivity index is 2.27. The Labute approximate surface area is 124 Å². The average Bonchev–Trinajstić information content (AvgIpc) is 3.18. The van der Waals surface area contributed by atoms with Crippen LogP contribution >= 0.6 is 15.9 Å². The first kappa shape index (κ1) is 15.4. The molecule has 110 valence electrons. The zero-order chi connectivity index (χ0) is 14.9. The monoisotopic (exact) mass is 349 g/mol. The second-order valence-electron chi connectivity index (χ2n) is 4.98. The number of nitrogens with zero attached hydrogens (tertiary/aromatic N) is 1. The van der Waals surface area contributed by atoms with Gasteiger partial charge in [-0.2, -0.15) is 13.2 Å². The van der Waals surface area contributed by atoms with Crippen LogP contribution in [0.2, 0.25) is 0 Å². The van der Waals surface area contributed by atoms with Gasteiger partial charge in [-0.15, -0.1) is 0 Å². The lowest BCUT2D eigenvalue weighted by Crippen LogP contribution is -2.33. The van der Waals surface area contributed by atoms with Crippen LogP contribution in [0.4, 0.5) is 13.2 Å². The van der Waals surface area contributed by atoms with Crippen LogP contribution in [-0.4, -0.2) is 23.9 Å². The molecule has 0 atom stereocenters. The summed E-state index contributed by atoms with van der Waals surface area (Å²) in [7, 11) is 0. The molecule has 6 heteroatoms. The van der Waals surface area contributed by atoms with Crippen molar-refractivity contribution in [1.29, 1.82) is 0 Å². The molecule has 0 spiro atoms. The molecule has 1 aliphatic rings. The molecule has 1 fully saturated rings. The Hall–Kier alpha value is -1.04. The van der Waals surface area contributed by atoms with Crippen molar-refractivity contribution in [3.05, 3.63) is 33.8 Å². The van der Waals surface area contributed by atoms with Crippen molar-refractivity contribution in [2.45, 2.75) is 25.9 Å². The van der Waals surface area contributed by atoms with E-state index in [1.54, 1.807) is 4.90 Å². The minimum atomic E-state index is -4.44. The molecule has 0 aliphatic heterocycles. The molecule has 0 N–H and O–H groups in total. The van der Waals surface area contributed by atoms with E-state index in [0.717, 1.165) is 25.0 Å². The Kier molecular flexibility index (Phi) is 4.42. The van der Waals surface area contributed by atoms with E-state index in [-0.39, 0.29) is 11.5 Å². The molecular formula is C14H15BrF3NO. The van der Waals surface area contributed by atoms with E-state index in [9.17, 15) is 18.0 Å². The summed E-state index contributed by atoms with van der Waals surface area (Å²) in [5.41, 5.74) is -0.728. The number of hydrogen-bond donors (Lipinski definition) is 0. The average molecular weight is 350 g/mol. The first-order valence-electron chi connectivity index (χ1n) is 6.49. The molecule has 1 aromatic rings. The molecule has 0 unspecified atom stereocenters. The van der Waals surface area contributed by atoms with Gasteiger partial charge in [0.25, 0.3) is 5.91 Å². The van der Waals surface area contributed by atoms with Crippen LogP contribution in [0.15, 0.2) is 22.7 Å². The lowest BCUT2D eigenvalue weighted by molar-refractivity contribution is -0.137. The molecule has 0 bridgehead atoms. The maximum absolute atomic E-state index is 12.7. The third kappa shape index (κ3) is 3.53. The van der Waals surface area contributed by atoms with E-state index >= 15 is 0 Å². The topological polar surface area (TPSA) is 20.3 Å². The number of rotatable bonds is 4. The van der Waals surface area contributed by atoms with Gasteiger partial charge in [-0.05, 0) is 59.8 Å². The van der Waals surface area contributed by atoms with Crippen LogP contribution in [0.5, 0.6) is 0 Å². The van der Waals surface area contributed by atoms with Gasteiger partial charge in [-0.3, -0.25) is 4.79 Å². The Bertz CT molecular complexity index is 512. The van der Waals surface area contributed by atoms with Crippen LogP contribution in [0.25, 0.3) is 0 Å². The van der Waals surface area contributed by atoms with E-state index in [1.165, 1.54) is 6.07 Å². The zero-order valence-corrected chi connectivity index (χ0v) is 12.6. The van der Waals surface area contributed by atoms with E-state index < -0.39 is 11.7 Å². The third-order valence-corrected chi connectivity index (χ3v) is 4.06. The number of halogens is 4. The summed E-state index contributed by atoms with van der Waals surface area (Å²) in [6.07, 6.45) is -2.26. The van der Waals surface area contributed by atoms with Crippen molar-refractivity contribution in [3.63, 3.8) is 0 Å². The van der Waals surface area contributed by atoms with Gasteiger partial charge < -0.3 is 4.90 Å². The normalized spacial score (nSPS) is 15.2. The van der Waals surface area contributed by atoms with Crippen LogP contribution in [0, 0.1) is 5.92 Å². The van der Waals surface area contributed by atoms with Crippen molar-refractivity contribution in [2.75, 3.05) is 13.1 Å². The molecule has 1 amide bonds. The summed E-state index contributed by atoms with van der Waals surface area (Å²) in [5.74, 6) is 0.154. The molecule has 20 heavy (non-hydrogen) atoms. The fourth-order valence-electron chi connectivity index (χ4n) is 2.00. The van der Waals surface area contributed by atoms with Crippen LogP contribution in [-0.2, 0) is 6.18 Å². The summed E-state index contributed by atoms with van der Waals surface area (Å²) < 4.78 is 38.6. The Morgan fingerprint density at radius 3 is 2.55 bits per heavy atom. The standard InChI is InChI=1S/C14H15BrF3NO/c1-2-19(8-9-3-4-9)13(20)11-7-10(14(16,17)18)5-6-12(11)15/h5-7,9H,2-4,8H2,1H3. The first-order valence-corrected chi connectivity index (χ1v) is 7.28. The van der Waals surface area contributed by atoms with Crippen molar-refractivity contribution >= 4 is 21.8 Å². The molecule has 2 rings (SSSR count). The minimum Gasteiger partial charge on any atom is -0.339 e. The highest BCUT2D eigenvalue weighted by Crippen LogP contribution is 2.33. The number of benzene rings is 1. The molecule has 1 aliphatic carbocycles. The second-order valence-corrected chi connectivity index (χ2v) is 5.83. The van der Waals surface area contributed by atoms with Gasteiger partial charge in [0.2, 0.25) is 0 Å². The van der Waals surface area contributed by atoms with Crippen LogP contribution < -0.4 is 0 Å². The molecule has 2 nitrogen and oxygen atoms in total. The van der Waals surface area contributed by atoms with Crippen molar-refractivity contribution in [2.24, 2.45) is 5.92 Å². The van der Waals surface area contributed by atoms with Crippen molar-refractivity contribution in [3.8, 4) is 0 Å². The SMILES string of the molecule is CCN(CC1CC1)C(=O)c1cc(C(F)(F)F)ccc1Br. The van der Waals surface area contributed by atoms with Gasteiger partial charge in [0.05, 0.1) is 11.1 Å². The van der Waals surface area contributed by atoms with E-state index in [1.807, 2.05) is 6.92 Å². The minimum absolute atomic E-state index is 0.0716. The first-order chi connectivity index (χ1) is 9.32. The van der Waals surface area contributed by atoms with E-state index in [0.29, 0.717) is 23.5 Å². The molecule has 0 aromatic heterocycles. The number of alkyl halides is 3. The molecule has 1 saturated carbocycles. The molecular weight excluding hydrogens is 335 g/mol. The van der Waals surface area contributed by atoms with Gasteiger partial charge >= 0.3 is 6.18 Å². The number of carbonyl (C=O) groups excluding carboxylic acids is 1. The van der Waals surface area contributed by atoms with Crippen molar-refractivity contribution in [1.82, 2.24) is 4.90 Å². The molecule has 0 saturated heterocycles. The van der Waals surface area contributed by atoms with Crippen LogP contribution in [0.1, 0.15) is 35.7 Å². The summed E-state index contributed by atoms with van der Waals surface area (Å²) in [6.45, 7) is 2.96. The van der Waals surface area contributed by atoms with E-state index in [2.05, 4.69) is 15.9 Å². The highest BCUT2D eigenvalue weighted by atomic mass is 79.9. The van der Waals surface area contributed by atoms with Gasteiger partial charge in [0.1, 0.15) is 0 Å². The highest BCUT2D eigenvalue weighted by Gasteiger charge is 2.33. The summed E-state index contributed by atoms with van der Waals surface area (Å²) in [4.78, 5) is 14.0. The molecule has 1 aromatic carbocycles. The van der Waals surface area contributed by atoms with Gasteiger partial charge in [0, 0.05) is 17.6 Å². The second kappa shape index (κ2) is 5.76. The lowest BCUT2D eigenvalue weighted by Gasteiger charge is -2.22. The maximum Gasteiger partial charge on any atom is 0.416 e. The zero-order valence-electron chi connectivity index (χ0n) is 11.0. The Morgan fingerprint density at radius 1 is 1.40 bits per heavy atom. The number of hydrogen-bond acceptors (Lipinski definition) is 1. The third-order valence-electron chi connectivity index (χ3n) is 3.37. The quantitative estimate of drug-likeness (QED) is 0.791. The smallest absolute Gasteiger partial charge is 0.339 e. The van der Waals surface area contributed by atoms with Crippen molar-refractivity contribution < 1.29 is 18.0 Å². The van der Waals surface area contributed by atoms with Gasteiger partial charge in [-0.1, -0.05) is 0 Å². The summed E-state index contributed by atoms with van der Waals surface area (Å²) in [5, 5.41) is 0. The molecule has 0 radical (unpaired) electrons. The van der Waals surface area contributed by atoms with Gasteiger partial charge in [-0.25, -0.2) is 0 Å². The predicted octanol–water partition coefficient (Wildman–Crippen LogP) is 4.34. The largest absolute Gasteiger partial charge is 0.416 e. The fourth-order valence-corrected chi connectivity index (χ4v) is 2.42. The summed E-state index contributed by atoms with van der Waals surface area (Å²) in [6, 6.07) is 3.17. The fraction of sp³-hybridized carbons (Fsp3) is 0.500. The highest BCUT2D eigenvalue weighted by molar-refractivity contribution is 9.10. The number of amides is 1. The number of carbonyl (C=O) groups is 1. The van der Waals surface area contributed by atoms with Gasteiger partial charge in [0.15, 0.2) is 0 Å². The van der Waals surface area contributed by atoms with Crippen LogP contribution in [0.3, 0.4) is 0 Å². The van der Waals surface area contributed by atoms with E-state index in [4.69, 9.17) is 0 Å². The maximum atomic E-state index is 12.7. The lowest BCUT2D eigenvalue weighted by atomic mass is 10.1. The molecule has 0 heterocycles. The Morgan fingerprint density at radius 2 is 2.05 bits per heavy atom. The predicted molar refractivity (Wildman–Crippen MR) is 73.4 cm³/mol. The summed E-state index contributed by atoms with van der Waals surface area (Å²) >= 11 is 3.16.